The summed E-state index contributed by atoms with van der Waals surface area (Å²) in [6.07, 6.45) is 1.51. The number of halogens is 1. The zero-order valence-corrected chi connectivity index (χ0v) is 17.7. The molecule has 0 aliphatic carbocycles. The lowest BCUT2D eigenvalue weighted by Crippen LogP contribution is -2.15. The zero-order chi connectivity index (χ0) is 20.1. The molecule has 0 spiro atoms. The molecule has 4 N–H and O–H groups in total. The largest absolute Gasteiger partial charge is 0.393 e. The second-order valence-corrected chi connectivity index (χ2v) is 7.76. The molecule has 0 amide bonds. The van der Waals surface area contributed by atoms with E-state index in [1.54, 1.807) is 0 Å². The van der Waals surface area contributed by atoms with Crippen molar-refractivity contribution < 1.29 is 0 Å². The molecule has 0 atom stereocenters. The number of benzene rings is 3. The second-order valence-electron chi connectivity index (χ2n) is 6.52. The number of nitrogens with one attached hydrogen (secondary N) is 2. The van der Waals surface area contributed by atoms with Crippen LogP contribution in [0.4, 0.5) is 23.0 Å². The molecule has 0 aliphatic rings. The van der Waals surface area contributed by atoms with Gasteiger partial charge in [0.05, 0.1) is 6.04 Å². The van der Waals surface area contributed by atoms with Gasteiger partial charge >= 0.3 is 0 Å². The second kappa shape index (κ2) is 8.91. The van der Waals surface area contributed by atoms with Crippen molar-refractivity contribution in [1.82, 2.24) is 9.97 Å². The van der Waals surface area contributed by atoms with Crippen LogP contribution in [0.2, 0.25) is 0 Å². The molecule has 0 fully saturated rings. The number of nitrogens with zero attached hydrogens (tertiary/aromatic N) is 2. The predicted molar refractivity (Wildman–Crippen MR) is 127 cm³/mol. The van der Waals surface area contributed by atoms with Crippen LogP contribution in [0.5, 0.6) is 0 Å². The number of aromatic nitrogens is 2. The van der Waals surface area contributed by atoms with E-state index in [4.69, 9.17) is 5.73 Å². The summed E-state index contributed by atoms with van der Waals surface area (Å²) in [4.78, 5) is 8.72. The monoisotopic (exact) mass is 493 g/mol. The number of anilines is 4. The van der Waals surface area contributed by atoms with Crippen LogP contribution in [0.25, 0.3) is 0 Å². The smallest absolute Gasteiger partial charge is 0.159 e. The van der Waals surface area contributed by atoms with E-state index in [1.165, 1.54) is 9.90 Å². The van der Waals surface area contributed by atoms with E-state index in [-0.39, 0.29) is 6.04 Å². The fourth-order valence-corrected chi connectivity index (χ4v) is 3.43. The van der Waals surface area contributed by atoms with Crippen molar-refractivity contribution in [3.8, 4) is 0 Å². The average Bonchev–Trinajstić information content (AvgIpc) is 2.77. The minimum Gasteiger partial charge on any atom is -0.393 e. The van der Waals surface area contributed by atoms with E-state index in [0.29, 0.717) is 17.3 Å². The van der Waals surface area contributed by atoms with Gasteiger partial charge in [-0.3, -0.25) is 0 Å². The Kier molecular flexibility index (Phi) is 5.90. The topological polar surface area (TPSA) is 75.9 Å². The molecule has 144 valence electrons. The molecule has 6 heteroatoms. The first-order chi connectivity index (χ1) is 14.2. The normalized spacial score (nSPS) is 10.7. The van der Waals surface area contributed by atoms with Crippen LogP contribution in [0.15, 0.2) is 91.3 Å². The summed E-state index contributed by atoms with van der Waals surface area (Å²) < 4.78 is 1.17. The summed E-state index contributed by atoms with van der Waals surface area (Å²) in [7, 11) is 0. The molecule has 0 bridgehead atoms. The van der Waals surface area contributed by atoms with Crippen LogP contribution < -0.4 is 16.4 Å². The van der Waals surface area contributed by atoms with Crippen molar-refractivity contribution in [3.05, 3.63) is 106 Å². The van der Waals surface area contributed by atoms with Crippen molar-refractivity contribution in [1.29, 1.82) is 0 Å². The van der Waals surface area contributed by atoms with Gasteiger partial charge in [0.25, 0.3) is 0 Å². The molecule has 5 nitrogen and oxygen atoms in total. The molecule has 0 radical (unpaired) electrons. The van der Waals surface area contributed by atoms with Gasteiger partial charge < -0.3 is 16.4 Å². The average molecular weight is 493 g/mol. The molecule has 0 saturated carbocycles. The molecule has 29 heavy (non-hydrogen) atoms. The summed E-state index contributed by atoms with van der Waals surface area (Å²) >= 11 is 2.28. The molecule has 0 saturated heterocycles. The van der Waals surface area contributed by atoms with E-state index in [2.05, 4.69) is 67.5 Å². The van der Waals surface area contributed by atoms with Crippen LogP contribution in [0, 0.1) is 3.57 Å². The van der Waals surface area contributed by atoms with Crippen LogP contribution in [0.1, 0.15) is 17.2 Å². The number of nitrogen functional groups attached to an aromatic ring is 1. The first-order valence-corrected chi connectivity index (χ1v) is 10.3. The van der Waals surface area contributed by atoms with E-state index < -0.39 is 0 Å². The SMILES string of the molecule is Nc1c(Nc2ccc(I)cc2)ncnc1NC(c1ccccc1)c1ccccc1. The molecule has 1 aromatic heterocycles. The van der Waals surface area contributed by atoms with Gasteiger partial charge in [-0.15, -0.1) is 0 Å². The summed E-state index contributed by atoms with van der Waals surface area (Å²) in [5.74, 6) is 1.16. The fourth-order valence-electron chi connectivity index (χ4n) is 3.07. The first-order valence-electron chi connectivity index (χ1n) is 9.20. The lowest BCUT2D eigenvalue weighted by Gasteiger charge is -2.22. The van der Waals surface area contributed by atoms with E-state index in [9.17, 15) is 0 Å². The Labute approximate surface area is 183 Å². The zero-order valence-electron chi connectivity index (χ0n) is 15.6. The Morgan fingerprint density at radius 3 is 1.86 bits per heavy atom. The Morgan fingerprint density at radius 2 is 1.28 bits per heavy atom. The summed E-state index contributed by atoms with van der Waals surface area (Å²) in [5.41, 5.74) is 10.1. The quantitative estimate of drug-likeness (QED) is 0.305. The van der Waals surface area contributed by atoms with Crippen molar-refractivity contribution in [2.45, 2.75) is 6.04 Å². The minimum atomic E-state index is -0.0826. The number of rotatable bonds is 6. The van der Waals surface area contributed by atoms with Gasteiger partial charge in [-0.05, 0) is 58.0 Å². The fraction of sp³-hybridized carbons (Fsp3) is 0.0435. The highest BCUT2D eigenvalue weighted by Gasteiger charge is 2.17. The van der Waals surface area contributed by atoms with Gasteiger partial charge in [0.2, 0.25) is 0 Å². The third-order valence-electron chi connectivity index (χ3n) is 4.54. The minimum absolute atomic E-state index is 0.0826. The van der Waals surface area contributed by atoms with Gasteiger partial charge in [-0.25, -0.2) is 9.97 Å². The van der Waals surface area contributed by atoms with Crippen molar-refractivity contribution in [3.63, 3.8) is 0 Å². The number of hydrogen-bond acceptors (Lipinski definition) is 5. The Hall–Kier alpha value is -3.13. The van der Waals surface area contributed by atoms with Crippen molar-refractivity contribution in [2.24, 2.45) is 0 Å². The highest BCUT2D eigenvalue weighted by molar-refractivity contribution is 14.1. The lowest BCUT2D eigenvalue weighted by atomic mass is 9.99. The highest BCUT2D eigenvalue weighted by atomic mass is 127. The number of hydrogen-bond donors (Lipinski definition) is 3. The maximum Gasteiger partial charge on any atom is 0.159 e. The van der Waals surface area contributed by atoms with Gasteiger partial charge in [0, 0.05) is 9.26 Å². The molecule has 1 heterocycles. The summed E-state index contributed by atoms with van der Waals surface area (Å²) in [5, 5.41) is 6.77. The van der Waals surface area contributed by atoms with Crippen molar-refractivity contribution in [2.75, 3.05) is 16.4 Å². The molecule has 3 aromatic carbocycles. The Morgan fingerprint density at radius 1 is 0.724 bits per heavy atom. The van der Waals surface area contributed by atoms with Crippen LogP contribution >= 0.6 is 22.6 Å². The van der Waals surface area contributed by atoms with Crippen LogP contribution in [-0.2, 0) is 0 Å². The van der Waals surface area contributed by atoms with Gasteiger partial charge in [0.15, 0.2) is 11.6 Å². The van der Waals surface area contributed by atoms with E-state index >= 15 is 0 Å². The van der Waals surface area contributed by atoms with Gasteiger partial charge in [-0.1, -0.05) is 60.7 Å². The van der Waals surface area contributed by atoms with Gasteiger partial charge in [0.1, 0.15) is 12.0 Å². The third-order valence-corrected chi connectivity index (χ3v) is 5.26. The summed E-state index contributed by atoms with van der Waals surface area (Å²) in [6.45, 7) is 0. The first kappa shape index (κ1) is 19.2. The molecule has 4 rings (SSSR count). The molecule has 0 unspecified atom stereocenters. The lowest BCUT2D eigenvalue weighted by molar-refractivity contribution is 0.924. The maximum atomic E-state index is 6.41. The van der Waals surface area contributed by atoms with E-state index in [1.807, 2.05) is 60.7 Å². The molecule has 4 aromatic rings. The molecular formula is C23H20IN5. The van der Waals surface area contributed by atoms with Crippen LogP contribution in [0.3, 0.4) is 0 Å². The highest BCUT2D eigenvalue weighted by Crippen LogP contribution is 2.31. The van der Waals surface area contributed by atoms with E-state index in [0.717, 1.165) is 16.8 Å². The number of nitrogens with two attached hydrogens (primary N) is 1. The molecular weight excluding hydrogens is 473 g/mol. The van der Waals surface area contributed by atoms with Gasteiger partial charge in [-0.2, -0.15) is 0 Å². The Balaban J connectivity index is 1.65. The third kappa shape index (κ3) is 4.65. The predicted octanol–water partition coefficient (Wildman–Crippen LogP) is 5.61. The standard InChI is InChI=1S/C23H20IN5/c24-18-11-13-19(14-12-18)28-22-20(25)23(27-15-26-22)29-21(16-7-3-1-4-8-16)17-9-5-2-6-10-17/h1-15,21H,25H2,(H2,26,27,28,29). The Bertz CT molecular complexity index is 1030. The maximum absolute atomic E-state index is 6.41. The van der Waals surface area contributed by atoms with Crippen LogP contribution in [-0.4, -0.2) is 9.97 Å². The van der Waals surface area contributed by atoms with Crippen molar-refractivity contribution >= 4 is 45.6 Å². The molecule has 0 aliphatic heterocycles. The summed E-state index contributed by atoms with van der Waals surface area (Å²) in [6, 6.07) is 28.4.